The van der Waals surface area contributed by atoms with Gasteiger partial charge in [0.1, 0.15) is 17.0 Å². The van der Waals surface area contributed by atoms with E-state index < -0.39 is 0 Å². The molecule has 0 aliphatic heterocycles. The number of nitrogens with zero attached hydrogens (tertiary/aromatic N) is 1. The second kappa shape index (κ2) is 2.52. The molecule has 0 spiro atoms. The third kappa shape index (κ3) is 1.03. The Labute approximate surface area is 70.0 Å². The van der Waals surface area contributed by atoms with E-state index in [0.717, 1.165) is 22.6 Å². The summed E-state index contributed by atoms with van der Waals surface area (Å²) >= 11 is 0. The lowest BCUT2D eigenvalue weighted by Gasteiger charge is -1.95. The van der Waals surface area contributed by atoms with Crippen LogP contribution in [0.3, 0.4) is 0 Å². The maximum atomic E-state index is 5.37. The molecule has 12 heavy (non-hydrogen) atoms. The predicted octanol–water partition coefficient (Wildman–Crippen LogP) is 2.14. The van der Waals surface area contributed by atoms with Crippen molar-refractivity contribution < 1.29 is 9.15 Å². The Morgan fingerprint density at radius 1 is 1.42 bits per heavy atom. The molecule has 62 valence electrons. The summed E-state index contributed by atoms with van der Waals surface area (Å²) in [6.07, 6.45) is 1.68. The molecular formula is C9H9NO2. The highest BCUT2D eigenvalue weighted by atomic mass is 16.5. The van der Waals surface area contributed by atoms with Gasteiger partial charge in [-0.1, -0.05) is 0 Å². The summed E-state index contributed by atoms with van der Waals surface area (Å²) in [5.74, 6) is 1.59. The summed E-state index contributed by atoms with van der Waals surface area (Å²) in [5.41, 5.74) is 1.64. The van der Waals surface area contributed by atoms with Crippen molar-refractivity contribution >= 4 is 11.1 Å². The van der Waals surface area contributed by atoms with Crippen LogP contribution in [0.1, 0.15) is 5.76 Å². The highest BCUT2D eigenvalue weighted by molar-refractivity contribution is 5.74. The van der Waals surface area contributed by atoms with Crippen LogP contribution in [0.5, 0.6) is 5.75 Å². The zero-order chi connectivity index (χ0) is 8.55. The summed E-state index contributed by atoms with van der Waals surface area (Å²) in [5, 5.41) is 0. The van der Waals surface area contributed by atoms with Crippen molar-refractivity contribution in [2.45, 2.75) is 6.92 Å². The molecule has 3 heteroatoms. The summed E-state index contributed by atoms with van der Waals surface area (Å²) < 4.78 is 10.4. The van der Waals surface area contributed by atoms with Crippen molar-refractivity contribution in [3.63, 3.8) is 0 Å². The zero-order valence-electron chi connectivity index (χ0n) is 7.00. The first kappa shape index (κ1) is 7.16. The van der Waals surface area contributed by atoms with Gasteiger partial charge in [-0.15, -0.1) is 0 Å². The average molecular weight is 163 g/mol. The minimum absolute atomic E-state index is 0.719. The summed E-state index contributed by atoms with van der Waals surface area (Å²) in [6, 6.07) is 3.73. The van der Waals surface area contributed by atoms with Gasteiger partial charge in [0.15, 0.2) is 5.58 Å². The fraction of sp³-hybridized carbons (Fsp3) is 0.222. The number of hydrogen-bond acceptors (Lipinski definition) is 3. The molecule has 2 aromatic rings. The van der Waals surface area contributed by atoms with Crippen molar-refractivity contribution in [1.29, 1.82) is 0 Å². The summed E-state index contributed by atoms with van der Waals surface area (Å²) in [6.45, 7) is 1.90. The van der Waals surface area contributed by atoms with Gasteiger partial charge >= 0.3 is 0 Å². The Bertz CT molecular complexity index is 406. The number of fused-ring (bicyclic) bond motifs is 1. The number of pyridine rings is 1. The molecule has 0 aromatic carbocycles. The first-order valence-electron chi connectivity index (χ1n) is 3.70. The van der Waals surface area contributed by atoms with Gasteiger partial charge in [-0.05, 0) is 6.92 Å². The molecule has 0 fully saturated rings. The van der Waals surface area contributed by atoms with Crippen molar-refractivity contribution in [3.05, 3.63) is 24.1 Å². The molecular weight excluding hydrogens is 154 g/mol. The van der Waals surface area contributed by atoms with Crippen molar-refractivity contribution in [3.8, 4) is 5.75 Å². The molecule has 0 atom stereocenters. The second-order valence-electron chi connectivity index (χ2n) is 2.62. The smallest absolute Gasteiger partial charge is 0.156 e. The zero-order valence-corrected chi connectivity index (χ0v) is 7.00. The molecule has 2 rings (SSSR count). The number of methoxy groups -OCH3 is 1. The number of furan rings is 1. The fourth-order valence-electron chi connectivity index (χ4n) is 1.13. The number of hydrogen-bond donors (Lipinski definition) is 0. The molecule has 0 unspecified atom stereocenters. The molecule has 0 aliphatic rings. The molecule has 0 N–H and O–H groups in total. The average Bonchev–Trinajstić information content (AvgIpc) is 2.43. The van der Waals surface area contributed by atoms with E-state index in [2.05, 4.69) is 4.98 Å². The van der Waals surface area contributed by atoms with Crippen molar-refractivity contribution in [2.75, 3.05) is 7.11 Å². The van der Waals surface area contributed by atoms with Crippen molar-refractivity contribution in [1.82, 2.24) is 4.98 Å². The quantitative estimate of drug-likeness (QED) is 0.646. The van der Waals surface area contributed by atoms with Crippen LogP contribution in [-0.4, -0.2) is 12.1 Å². The first-order chi connectivity index (χ1) is 5.79. The molecule has 0 radical (unpaired) electrons. The Hall–Kier alpha value is -1.51. The van der Waals surface area contributed by atoms with Gasteiger partial charge in [-0.25, -0.2) is 4.98 Å². The van der Waals surface area contributed by atoms with Gasteiger partial charge in [0, 0.05) is 12.1 Å². The van der Waals surface area contributed by atoms with E-state index >= 15 is 0 Å². The van der Waals surface area contributed by atoms with Gasteiger partial charge < -0.3 is 9.15 Å². The van der Waals surface area contributed by atoms with E-state index in [1.807, 2.05) is 19.1 Å². The normalized spacial score (nSPS) is 10.5. The van der Waals surface area contributed by atoms with E-state index in [4.69, 9.17) is 9.15 Å². The van der Waals surface area contributed by atoms with E-state index in [9.17, 15) is 0 Å². The Kier molecular flexibility index (Phi) is 1.50. The first-order valence-corrected chi connectivity index (χ1v) is 3.70. The van der Waals surface area contributed by atoms with Gasteiger partial charge in [-0.2, -0.15) is 0 Å². The Morgan fingerprint density at radius 3 is 3.00 bits per heavy atom. The largest absolute Gasteiger partial charge is 0.495 e. The molecule has 0 saturated heterocycles. The van der Waals surface area contributed by atoms with Gasteiger partial charge in [0.05, 0.1) is 13.3 Å². The van der Waals surface area contributed by atoms with Crippen LogP contribution >= 0.6 is 0 Å². The van der Waals surface area contributed by atoms with Crippen molar-refractivity contribution in [2.24, 2.45) is 0 Å². The number of aromatic nitrogens is 1. The predicted molar refractivity (Wildman–Crippen MR) is 45.3 cm³/mol. The van der Waals surface area contributed by atoms with E-state index in [1.165, 1.54) is 0 Å². The standard InChI is InChI=1S/C9H9NO2/c1-6-3-8-9(12-6)4-7(11-2)5-10-8/h3-5H,1-2H3. The van der Waals surface area contributed by atoms with Crippen LogP contribution in [0.25, 0.3) is 11.1 Å². The van der Waals surface area contributed by atoms with Gasteiger partial charge in [0.25, 0.3) is 0 Å². The van der Waals surface area contributed by atoms with Gasteiger partial charge in [-0.3, -0.25) is 0 Å². The van der Waals surface area contributed by atoms with Crippen LogP contribution in [0.15, 0.2) is 22.7 Å². The highest BCUT2D eigenvalue weighted by Crippen LogP contribution is 2.20. The lowest BCUT2D eigenvalue weighted by Crippen LogP contribution is -1.82. The third-order valence-corrected chi connectivity index (χ3v) is 1.70. The maximum Gasteiger partial charge on any atom is 0.156 e. The third-order valence-electron chi connectivity index (χ3n) is 1.70. The lowest BCUT2D eigenvalue weighted by molar-refractivity contribution is 0.412. The molecule has 0 aliphatic carbocycles. The minimum atomic E-state index is 0.719. The SMILES string of the molecule is COc1cnc2cc(C)oc2c1. The minimum Gasteiger partial charge on any atom is -0.495 e. The van der Waals surface area contributed by atoms with Crippen LogP contribution in [0.2, 0.25) is 0 Å². The van der Waals surface area contributed by atoms with E-state index in [-0.39, 0.29) is 0 Å². The van der Waals surface area contributed by atoms with Crippen LogP contribution in [0, 0.1) is 6.92 Å². The molecule has 0 bridgehead atoms. The number of ether oxygens (including phenoxy) is 1. The molecule has 3 nitrogen and oxygen atoms in total. The fourth-order valence-corrected chi connectivity index (χ4v) is 1.13. The van der Waals surface area contributed by atoms with Gasteiger partial charge in [0.2, 0.25) is 0 Å². The maximum absolute atomic E-state index is 5.37. The Balaban J connectivity index is 2.66. The molecule has 0 saturated carbocycles. The number of aryl methyl sites for hydroxylation is 1. The number of rotatable bonds is 1. The van der Waals surface area contributed by atoms with Crippen LogP contribution in [-0.2, 0) is 0 Å². The highest BCUT2D eigenvalue weighted by Gasteiger charge is 2.02. The Morgan fingerprint density at radius 2 is 2.25 bits per heavy atom. The molecule has 2 aromatic heterocycles. The van der Waals surface area contributed by atoms with E-state index in [0.29, 0.717) is 0 Å². The van der Waals surface area contributed by atoms with Crippen LogP contribution < -0.4 is 4.74 Å². The van der Waals surface area contributed by atoms with E-state index in [1.54, 1.807) is 13.3 Å². The summed E-state index contributed by atoms with van der Waals surface area (Å²) in [7, 11) is 1.61. The molecule has 2 heterocycles. The summed E-state index contributed by atoms with van der Waals surface area (Å²) in [4.78, 5) is 4.15. The second-order valence-corrected chi connectivity index (χ2v) is 2.62. The monoisotopic (exact) mass is 163 g/mol. The van der Waals surface area contributed by atoms with Crippen LogP contribution in [0.4, 0.5) is 0 Å². The molecule has 0 amide bonds. The lowest BCUT2D eigenvalue weighted by atomic mass is 10.4. The topological polar surface area (TPSA) is 35.3 Å².